The lowest BCUT2D eigenvalue weighted by molar-refractivity contribution is 0.102. The van der Waals surface area contributed by atoms with Crippen molar-refractivity contribution < 1.29 is 13.2 Å². The van der Waals surface area contributed by atoms with Gasteiger partial charge in [0.2, 0.25) is 10.0 Å². The molecule has 0 saturated heterocycles. The van der Waals surface area contributed by atoms with Crippen LogP contribution in [-0.2, 0) is 10.0 Å². The fraction of sp³-hybridized carbons (Fsp3) is 0.174. The number of nitrogens with zero attached hydrogens (tertiary/aromatic N) is 1. The van der Waals surface area contributed by atoms with Gasteiger partial charge in [0.15, 0.2) is 0 Å². The number of carbonyl (C=O) groups excluding carboxylic acids is 1. The summed E-state index contributed by atoms with van der Waals surface area (Å²) in [7, 11) is -2.22. The molecule has 0 heterocycles. The summed E-state index contributed by atoms with van der Waals surface area (Å²) in [5.41, 5.74) is 2.78. The van der Waals surface area contributed by atoms with Gasteiger partial charge in [0.1, 0.15) is 0 Å². The minimum atomic E-state index is -3.73. The molecule has 1 amide bonds. The molecule has 0 saturated carbocycles. The first-order chi connectivity index (χ1) is 14.2. The van der Waals surface area contributed by atoms with Gasteiger partial charge in [-0.15, -0.1) is 0 Å². The Morgan fingerprint density at radius 1 is 0.933 bits per heavy atom. The van der Waals surface area contributed by atoms with Crippen molar-refractivity contribution >= 4 is 33.2 Å². The van der Waals surface area contributed by atoms with E-state index in [0.717, 1.165) is 11.1 Å². The second-order valence-electron chi connectivity index (χ2n) is 7.15. The van der Waals surface area contributed by atoms with E-state index in [1.165, 1.54) is 29.6 Å². The topological polar surface area (TPSA) is 66.5 Å². The van der Waals surface area contributed by atoms with Crippen LogP contribution in [0, 0.1) is 0 Å². The molecular weight excluding hydrogens is 420 g/mol. The Morgan fingerprint density at radius 3 is 2.13 bits per heavy atom. The molecule has 0 aliphatic carbocycles. The molecule has 7 heteroatoms. The molecule has 3 aromatic carbocycles. The van der Waals surface area contributed by atoms with Crippen LogP contribution in [0.2, 0.25) is 5.02 Å². The quantitative estimate of drug-likeness (QED) is 0.564. The van der Waals surface area contributed by atoms with E-state index in [0.29, 0.717) is 5.69 Å². The molecule has 0 fully saturated rings. The van der Waals surface area contributed by atoms with Gasteiger partial charge >= 0.3 is 0 Å². The van der Waals surface area contributed by atoms with Crippen LogP contribution in [-0.4, -0.2) is 31.7 Å². The zero-order valence-corrected chi connectivity index (χ0v) is 18.5. The van der Waals surface area contributed by atoms with E-state index in [1.54, 1.807) is 26.0 Å². The van der Waals surface area contributed by atoms with Crippen molar-refractivity contribution in [1.29, 1.82) is 0 Å². The summed E-state index contributed by atoms with van der Waals surface area (Å²) in [6.45, 7) is 3.56. The van der Waals surface area contributed by atoms with Crippen molar-refractivity contribution in [2.75, 3.05) is 12.4 Å². The molecule has 156 valence electrons. The van der Waals surface area contributed by atoms with E-state index in [4.69, 9.17) is 11.6 Å². The van der Waals surface area contributed by atoms with Crippen LogP contribution in [0.3, 0.4) is 0 Å². The summed E-state index contributed by atoms with van der Waals surface area (Å²) in [4.78, 5) is 12.8. The van der Waals surface area contributed by atoms with Gasteiger partial charge in [0.25, 0.3) is 5.91 Å². The van der Waals surface area contributed by atoms with Gasteiger partial charge in [0.05, 0.1) is 15.5 Å². The SMILES string of the molecule is CC(C)N(C)S(=O)(=O)c1ccc(Cl)c(C(=O)Nc2ccc(-c3ccccc3)cc2)c1. The van der Waals surface area contributed by atoms with Gasteiger partial charge in [-0.05, 0) is 55.3 Å². The summed E-state index contributed by atoms with van der Waals surface area (Å²) in [6.07, 6.45) is 0. The molecule has 0 unspecified atom stereocenters. The zero-order valence-electron chi connectivity index (χ0n) is 17.0. The highest BCUT2D eigenvalue weighted by Crippen LogP contribution is 2.25. The molecule has 0 bridgehead atoms. The summed E-state index contributed by atoms with van der Waals surface area (Å²) in [5.74, 6) is -0.475. The van der Waals surface area contributed by atoms with Gasteiger partial charge in [-0.1, -0.05) is 54.1 Å². The van der Waals surface area contributed by atoms with Crippen molar-refractivity contribution in [3.05, 3.63) is 83.4 Å². The second-order valence-corrected chi connectivity index (χ2v) is 9.56. The number of amides is 1. The smallest absolute Gasteiger partial charge is 0.257 e. The van der Waals surface area contributed by atoms with E-state index in [-0.39, 0.29) is 21.5 Å². The minimum Gasteiger partial charge on any atom is -0.322 e. The minimum absolute atomic E-state index is 0.0210. The normalized spacial score (nSPS) is 11.7. The fourth-order valence-corrected chi connectivity index (χ4v) is 4.46. The van der Waals surface area contributed by atoms with Crippen molar-refractivity contribution in [2.45, 2.75) is 24.8 Å². The van der Waals surface area contributed by atoms with Crippen molar-refractivity contribution in [3.63, 3.8) is 0 Å². The van der Waals surface area contributed by atoms with Gasteiger partial charge in [-0.25, -0.2) is 8.42 Å². The number of benzene rings is 3. The highest BCUT2D eigenvalue weighted by Gasteiger charge is 2.25. The van der Waals surface area contributed by atoms with E-state index < -0.39 is 15.9 Å². The predicted octanol–water partition coefficient (Wildman–Crippen LogP) is 5.29. The van der Waals surface area contributed by atoms with Crippen LogP contribution in [0.5, 0.6) is 0 Å². The zero-order chi connectivity index (χ0) is 21.9. The maximum atomic E-state index is 12.8. The van der Waals surface area contributed by atoms with E-state index in [2.05, 4.69) is 5.32 Å². The molecule has 1 N–H and O–H groups in total. The molecule has 0 atom stereocenters. The third-order valence-electron chi connectivity index (χ3n) is 4.84. The molecule has 0 aliphatic heterocycles. The fourth-order valence-electron chi connectivity index (χ4n) is 2.86. The highest BCUT2D eigenvalue weighted by molar-refractivity contribution is 7.89. The Hall–Kier alpha value is -2.67. The van der Waals surface area contributed by atoms with Gasteiger partial charge in [-0.2, -0.15) is 4.31 Å². The first kappa shape index (κ1) is 22.0. The summed E-state index contributed by atoms with van der Waals surface area (Å²) >= 11 is 6.19. The number of hydrogen-bond donors (Lipinski definition) is 1. The van der Waals surface area contributed by atoms with Crippen molar-refractivity contribution in [1.82, 2.24) is 4.31 Å². The maximum Gasteiger partial charge on any atom is 0.257 e. The molecule has 30 heavy (non-hydrogen) atoms. The Balaban J connectivity index is 1.83. The monoisotopic (exact) mass is 442 g/mol. The number of anilines is 1. The van der Waals surface area contributed by atoms with E-state index in [9.17, 15) is 13.2 Å². The Morgan fingerprint density at radius 2 is 1.53 bits per heavy atom. The standard InChI is InChI=1S/C23H23ClN2O3S/c1-16(2)26(3)30(28,29)20-13-14-22(24)21(15-20)23(27)25-19-11-9-18(10-12-19)17-7-5-4-6-8-17/h4-16H,1-3H3,(H,25,27). The Bertz CT molecular complexity index is 1140. The average Bonchev–Trinajstić information content (AvgIpc) is 2.74. The second kappa shape index (κ2) is 9.00. The third kappa shape index (κ3) is 4.73. The number of nitrogens with one attached hydrogen (secondary N) is 1. The molecule has 0 spiro atoms. The predicted molar refractivity (Wildman–Crippen MR) is 121 cm³/mol. The van der Waals surface area contributed by atoms with E-state index in [1.807, 2.05) is 42.5 Å². The maximum absolute atomic E-state index is 12.8. The van der Waals surface area contributed by atoms with Gasteiger partial charge < -0.3 is 5.32 Å². The molecule has 3 rings (SSSR count). The van der Waals surface area contributed by atoms with Crippen LogP contribution in [0.4, 0.5) is 5.69 Å². The van der Waals surface area contributed by atoms with E-state index >= 15 is 0 Å². The molecule has 5 nitrogen and oxygen atoms in total. The number of carbonyl (C=O) groups is 1. The summed E-state index contributed by atoms with van der Waals surface area (Å²) in [6, 6.07) is 21.2. The molecular formula is C23H23ClN2O3S. The van der Waals surface area contributed by atoms with Crippen LogP contribution in [0.25, 0.3) is 11.1 Å². The molecule has 0 radical (unpaired) electrons. The third-order valence-corrected chi connectivity index (χ3v) is 7.20. The Kier molecular flexibility index (Phi) is 6.61. The molecule has 3 aromatic rings. The average molecular weight is 443 g/mol. The first-order valence-electron chi connectivity index (χ1n) is 9.44. The largest absolute Gasteiger partial charge is 0.322 e. The van der Waals surface area contributed by atoms with Crippen LogP contribution < -0.4 is 5.32 Å². The van der Waals surface area contributed by atoms with Crippen molar-refractivity contribution in [3.8, 4) is 11.1 Å². The number of hydrogen-bond acceptors (Lipinski definition) is 3. The Labute approximate surface area is 182 Å². The first-order valence-corrected chi connectivity index (χ1v) is 11.3. The lowest BCUT2D eigenvalue weighted by atomic mass is 10.1. The lowest BCUT2D eigenvalue weighted by Crippen LogP contribution is -2.33. The van der Waals surface area contributed by atoms with Crippen LogP contribution >= 0.6 is 11.6 Å². The molecule has 0 aromatic heterocycles. The lowest BCUT2D eigenvalue weighted by Gasteiger charge is -2.21. The van der Waals surface area contributed by atoms with Crippen molar-refractivity contribution in [2.24, 2.45) is 0 Å². The summed E-state index contributed by atoms with van der Waals surface area (Å²) < 4.78 is 26.7. The number of rotatable bonds is 6. The van der Waals surface area contributed by atoms with Crippen LogP contribution in [0.1, 0.15) is 24.2 Å². The summed E-state index contributed by atoms with van der Waals surface area (Å²) in [5, 5.41) is 2.96. The van der Waals surface area contributed by atoms with Gasteiger partial charge in [0, 0.05) is 18.8 Å². The number of sulfonamides is 1. The van der Waals surface area contributed by atoms with Gasteiger partial charge in [-0.3, -0.25) is 4.79 Å². The number of halogens is 1. The van der Waals surface area contributed by atoms with Crippen LogP contribution in [0.15, 0.2) is 77.7 Å². The molecule has 0 aliphatic rings. The highest BCUT2D eigenvalue weighted by atomic mass is 35.5.